The molecule has 2 heterocycles. The summed E-state index contributed by atoms with van der Waals surface area (Å²) in [4.78, 5) is 8.15. The van der Waals surface area contributed by atoms with Gasteiger partial charge < -0.3 is 4.74 Å². The van der Waals surface area contributed by atoms with Gasteiger partial charge in [0.05, 0.1) is 12.3 Å². The highest BCUT2D eigenvalue weighted by atomic mass is 35.5. The van der Waals surface area contributed by atoms with Gasteiger partial charge in [-0.05, 0) is 30.3 Å². The molecular formula is C13H11ClN4O. The van der Waals surface area contributed by atoms with Gasteiger partial charge in [0, 0.05) is 17.6 Å². The van der Waals surface area contributed by atoms with Crippen molar-refractivity contribution in [3.8, 4) is 5.75 Å². The summed E-state index contributed by atoms with van der Waals surface area (Å²) in [5.74, 6) is 1.40. The topological polar surface area (TPSA) is 52.3 Å². The molecule has 0 aliphatic rings. The number of nitrogens with zero attached hydrogens (tertiary/aromatic N) is 4. The number of halogens is 1. The van der Waals surface area contributed by atoms with Gasteiger partial charge in [-0.2, -0.15) is 10.1 Å². The molecule has 1 aromatic carbocycles. The van der Waals surface area contributed by atoms with Gasteiger partial charge in [0.2, 0.25) is 0 Å². The normalized spacial score (nSPS) is 10.8. The van der Waals surface area contributed by atoms with Crippen LogP contribution in [0.5, 0.6) is 5.75 Å². The van der Waals surface area contributed by atoms with Crippen molar-refractivity contribution in [1.29, 1.82) is 0 Å². The second-order valence-corrected chi connectivity index (χ2v) is 4.40. The molecule has 0 amide bonds. The molecule has 0 unspecified atom stereocenters. The van der Waals surface area contributed by atoms with Crippen molar-refractivity contribution in [3.63, 3.8) is 0 Å². The van der Waals surface area contributed by atoms with E-state index in [2.05, 4.69) is 15.1 Å². The maximum atomic E-state index is 5.81. The zero-order valence-electron chi connectivity index (χ0n) is 10.0. The first-order chi connectivity index (χ1) is 9.33. The molecule has 0 N–H and O–H groups in total. The molecule has 0 saturated carbocycles. The number of ether oxygens (including phenoxy) is 1. The highest BCUT2D eigenvalue weighted by Crippen LogP contribution is 2.15. The van der Waals surface area contributed by atoms with Crippen LogP contribution in [0.4, 0.5) is 0 Å². The predicted molar refractivity (Wildman–Crippen MR) is 71.4 cm³/mol. The number of aromatic nitrogens is 4. The Morgan fingerprint density at radius 3 is 2.79 bits per heavy atom. The Morgan fingerprint density at radius 2 is 1.95 bits per heavy atom. The molecule has 0 radical (unpaired) electrons. The zero-order chi connectivity index (χ0) is 13.1. The van der Waals surface area contributed by atoms with E-state index < -0.39 is 0 Å². The first-order valence-electron chi connectivity index (χ1n) is 5.85. The maximum Gasteiger partial charge on any atom is 0.252 e. The summed E-state index contributed by atoms with van der Waals surface area (Å²) >= 11 is 5.81. The van der Waals surface area contributed by atoms with Crippen LogP contribution in [-0.4, -0.2) is 26.2 Å². The molecule has 0 spiro atoms. The maximum absolute atomic E-state index is 5.81. The average molecular weight is 275 g/mol. The molecule has 96 valence electrons. The molecule has 3 rings (SSSR count). The van der Waals surface area contributed by atoms with E-state index in [0.29, 0.717) is 17.4 Å². The largest absolute Gasteiger partial charge is 0.493 e. The molecule has 0 fully saturated rings. The van der Waals surface area contributed by atoms with E-state index in [9.17, 15) is 0 Å². The monoisotopic (exact) mass is 274 g/mol. The summed E-state index contributed by atoms with van der Waals surface area (Å²) < 4.78 is 7.36. The summed E-state index contributed by atoms with van der Waals surface area (Å²) in [6.45, 7) is 0.556. The van der Waals surface area contributed by atoms with E-state index in [1.807, 2.05) is 18.2 Å². The Bertz CT molecular complexity index is 680. The van der Waals surface area contributed by atoms with Gasteiger partial charge in [0.1, 0.15) is 12.1 Å². The number of hydrogen-bond acceptors (Lipinski definition) is 4. The van der Waals surface area contributed by atoms with Gasteiger partial charge in [-0.25, -0.2) is 9.50 Å². The molecule has 0 aliphatic carbocycles. The van der Waals surface area contributed by atoms with Crippen LogP contribution in [0.2, 0.25) is 5.02 Å². The zero-order valence-corrected chi connectivity index (χ0v) is 10.8. The third-order valence-corrected chi connectivity index (χ3v) is 2.95. The Balaban J connectivity index is 1.66. The number of rotatable bonds is 4. The highest BCUT2D eigenvalue weighted by molar-refractivity contribution is 6.30. The SMILES string of the molecule is Clc1ccc(OCCc2ccnc3ncnn23)cc1. The second kappa shape index (κ2) is 5.24. The molecule has 3 aromatic rings. The van der Waals surface area contributed by atoms with E-state index in [1.165, 1.54) is 6.33 Å². The van der Waals surface area contributed by atoms with E-state index in [1.54, 1.807) is 22.8 Å². The standard InChI is InChI=1S/C13H11ClN4O/c14-10-1-3-12(4-2-10)19-8-6-11-5-7-15-13-16-9-17-18(11)13/h1-5,7,9H,6,8H2. The minimum Gasteiger partial charge on any atom is -0.493 e. The van der Waals surface area contributed by atoms with Crippen LogP contribution in [0.15, 0.2) is 42.9 Å². The lowest BCUT2D eigenvalue weighted by atomic mass is 10.3. The van der Waals surface area contributed by atoms with Crippen LogP contribution in [0.3, 0.4) is 0 Å². The van der Waals surface area contributed by atoms with Crippen LogP contribution in [0, 0.1) is 0 Å². The Labute approximate surface area is 114 Å². The Morgan fingerprint density at radius 1 is 1.11 bits per heavy atom. The Kier molecular flexibility index (Phi) is 3.29. The highest BCUT2D eigenvalue weighted by Gasteiger charge is 2.03. The van der Waals surface area contributed by atoms with Crippen LogP contribution in [0.25, 0.3) is 5.78 Å². The number of fused-ring (bicyclic) bond motifs is 1. The summed E-state index contributed by atoms with van der Waals surface area (Å²) in [6, 6.07) is 9.21. The fourth-order valence-corrected chi connectivity index (χ4v) is 1.91. The van der Waals surface area contributed by atoms with E-state index in [4.69, 9.17) is 16.3 Å². The smallest absolute Gasteiger partial charge is 0.252 e. The van der Waals surface area contributed by atoms with Crippen molar-refractivity contribution in [2.75, 3.05) is 6.61 Å². The lowest BCUT2D eigenvalue weighted by Gasteiger charge is -2.07. The van der Waals surface area contributed by atoms with Crippen LogP contribution >= 0.6 is 11.6 Å². The van der Waals surface area contributed by atoms with Gasteiger partial charge >= 0.3 is 0 Å². The summed E-state index contributed by atoms with van der Waals surface area (Å²) in [5.41, 5.74) is 1.01. The number of benzene rings is 1. The third kappa shape index (κ3) is 2.66. The fraction of sp³-hybridized carbons (Fsp3) is 0.154. The molecule has 2 aromatic heterocycles. The van der Waals surface area contributed by atoms with Crippen LogP contribution in [-0.2, 0) is 6.42 Å². The fourth-order valence-electron chi connectivity index (χ4n) is 1.78. The third-order valence-electron chi connectivity index (χ3n) is 2.70. The van der Waals surface area contributed by atoms with Crippen molar-refractivity contribution in [3.05, 3.63) is 53.6 Å². The van der Waals surface area contributed by atoms with Crippen LogP contribution in [0.1, 0.15) is 5.69 Å². The van der Waals surface area contributed by atoms with Crippen molar-refractivity contribution in [2.24, 2.45) is 0 Å². The quantitative estimate of drug-likeness (QED) is 0.733. The molecule has 0 saturated heterocycles. The van der Waals surface area contributed by atoms with E-state index in [-0.39, 0.29) is 0 Å². The first kappa shape index (κ1) is 11.9. The van der Waals surface area contributed by atoms with E-state index >= 15 is 0 Å². The van der Waals surface area contributed by atoms with Crippen LogP contribution < -0.4 is 4.74 Å². The number of hydrogen-bond donors (Lipinski definition) is 0. The minimum absolute atomic E-state index is 0.556. The summed E-state index contributed by atoms with van der Waals surface area (Å²) in [6.07, 6.45) is 3.94. The van der Waals surface area contributed by atoms with Gasteiger partial charge in [0.15, 0.2) is 0 Å². The lowest BCUT2D eigenvalue weighted by Crippen LogP contribution is -2.07. The lowest BCUT2D eigenvalue weighted by molar-refractivity contribution is 0.319. The predicted octanol–water partition coefficient (Wildman–Crippen LogP) is 2.40. The van der Waals surface area contributed by atoms with Crippen molar-refractivity contribution in [1.82, 2.24) is 19.6 Å². The van der Waals surface area contributed by atoms with Gasteiger partial charge in [-0.1, -0.05) is 11.6 Å². The molecule has 5 nitrogen and oxygen atoms in total. The molecule has 19 heavy (non-hydrogen) atoms. The van der Waals surface area contributed by atoms with Gasteiger partial charge in [-0.15, -0.1) is 0 Å². The molecule has 6 heteroatoms. The second-order valence-electron chi connectivity index (χ2n) is 3.96. The summed E-state index contributed by atoms with van der Waals surface area (Å²) in [7, 11) is 0. The first-order valence-corrected chi connectivity index (χ1v) is 6.23. The summed E-state index contributed by atoms with van der Waals surface area (Å²) in [5, 5.41) is 4.83. The van der Waals surface area contributed by atoms with Gasteiger partial charge in [-0.3, -0.25) is 0 Å². The van der Waals surface area contributed by atoms with Crippen molar-refractivity contribution < 1.29 is 4.74 Å². The van der Waals surface area contributed by atoms with Crippen molar-refractivity contribution >= 4 is 17.4 Å². The Hall–Kier alpha value is -2.14. The van der Waals surface area contributed by atoms with E-state index in [0.717, 1.165) is 17.9 Å². The molecule has 0 bridgehead atoms. The van der Waals surface area contributed by atoms with Crippen molar-refractivity contribution in [2.45, 2.75) is 6.42 Å². The average Bonchev–Trinajstić information content (AvgIpc) is 2.90. The molecular weight excluding hydrogens is 264 g/mol. The van der Waals surface area contributed by atoms with Gasteiger partial charge in [0.25, 0.3) is 5.78 Å². The molecule has 0 aliphatic heterocycles. The molecule has 0 atom stereocenters. The minimum atomic E-state index is 0.556.